The van der Waals surface area contributed by atoms with Gasteiger partial charge < -0.3 is 14.1 Å². The molecule has 2 aliphatic rings. The van der Waals surface area contributed by atoms with E-state index < -0.39 is 0 Å². The second kappa shape index (κ2) is 10.7. The Labute approximate surface area is 208 Å². The average molecular weight is 473 g/mol. The van der Waals surface area contributed by atoms with Crippen molar-refractivity contribution in [3.63, 3.8) is 0 Å². The highest BCUT2D eigenvalue weighted by Crippen LogP contribution is 2.36. The normalized spacial score (nSPS) is 17.8. The molecule has 1 aliphatic carbocycles. The van der Waals surface area contributed by atoms with Gasteiger partial charge in [0.2, 0.25) is 0 Å². The van der Waals surface area contributed by atoms with Crippen LogP contribution in [0.3, 0.4) is 0 Å². The molecule has 1 saturated carbocycles. The first-order valence-electron chi connectivity index (χ1n) is 12.9. The number of hydrogen-bond acceptors (Lipinski definition) is 4. The number of nitrogens with zero attached hydrogens (tertiary/aromatic N) is 2. The lowest BCUT2D eigenvalue weighted by Gasteiger charge is -2.41. The standard InChI is InChI=1S/C30H36N2O3/c1-22-19-24(10-13-28(22)34-2)21-31-16-14-25(15-17-31)27(20-23-7-4-3-5-8-23)32(26-11-12-26)30(33)29-9-6-18-35-29/h3-10,13,18-19,25-27H,11-12,14-17,20-21H2,1-2H3/t27-/m0/s1. The van der Waals surface area contributed by atoms with Gasteiger partial charge in [0.1, 0.15) is 5.75 Å². The summed E-state index contributed by atoms with van der Waals surface area (Å²) in [6.07, 6.45) is 6.87. The summed E-state index contributed by atoms with van der Waals surface area (Å²) in [7, 11) is 1.72. The molecule has 0 unspecified atom stereocenters. The third-order valence-corrected chi connectivity index (χ3v) is 7.59. The molecule has 2 fully saturated rings. The van der Waals surface area contributed by atoms with E-state index in [9.17, 15) is 4.79 Å². The minimum Gasteiger partial charge on any atom is -0.496 e. The van der Waals surface area contributed by atoms with Crippen molar-refractivity contribution in [3.8, 4) is 5.75 Å². The van der Waals surface area contributed by atoms with Crippen LogP contribution < -0.4 is 4.74 Å². The molecular formula is C30H36N2O3. The van der Waals surface area contributed by atoms with Gasteiger partial charge in [0.05, 0.1) is 13.4 Å². The molecule has 1 saturated heterocycles. The Morgan fingerprint density at radius 1 is 1.03 bits per heavy atom. The number of carbonyl (C=O) groups excluding carboxylic acids is 1. The number of aryl methyl sites for hydroxylation is 1. The minimum absolute atomic E-state index is 0.0505. The van der Waals surface area contributed by atoms with Crippen LogP contribution in [0.2, 0.25) is 0 Å². The Bertz CT molecular complexity index is 1100. The van der Waals surface area contributed by atoms with Crippen LogP contribution in [0, 0.1) is 12.8 Å². The average Bonchev–Trinajstić information content (AvgIpc) is 3.56. The zero-order chi connectivity index (χ0) is 24.2. The summed E-state index contributed by atoms with van der Waals surface area (Å²) in [6.45, 7) is 5.16. The van der Waals surface area contributed by atoms with Crippen molar-refractivity contribution in [3.05, 3.63) is 89.4 Å². The van der Waals surface area contributed by atoms with Gasteiger partial charge >= 0.3 is 0 Å². The van der Waals surface area contributed by atoms with Crippen molar-refractivity contribution in [2.24, 2.45) is 5.92 Å². The maximum Gasteiger partial charge on any atom is 0.290 e. The predicted octanol–water partition coefficient (Wildman–Crippen LogP) is 5.72. The number of ether oxygens (including phenoxy) is 1. The summed E-state index contributed by atoms with van der Waals surface area (Å²) in [5.41, 5.74) is 3.81. The Kier molecular flexibility index (Phi) is 7.24. The molecule has 0 spiro atoms. The monoisotopic (exact) mass is 472 g/mol. The molecular weight excluding hydrogens is 436 g/mol. The molecule has 3 aromatic rings. The van der Waals surface area contributed by atoms with E-state index in [2.05, 4.69) is 65.3 Å². The number of benzene rings is 2. The Hall–Kier alpha value is -3.05. The highest BCUT2D eigenvalue weighted by molar-refractivity contribution is 5.92. The summed E-state index contributed by atoms with van der Waals surface area (Å²) in [6, 6.07) is 21.3. The van der Waals surface area contributed by atoms with Gasteiger partial charge in [0.25, 0.3) is 5.91 Å². The molecule has 2 aromatic carbocycles. The Morgan fingerprint density at radius 3 is 2.43 bits per heavy atom. The van der Waals surface area contributed by atoms with Crippen molar-refractivity contribution in [1.29, 1.82) is 0 Å². The van der Waals surface area contributed by atoms with Crippen LogP contribution >= 0.6 is 0 Å². The van der Waals surface area contributed by atoms with Gasteiger partial charge in [-0.05, 0) is 92.9 Å². The van der Waals surface area contributed by atoms with E-state index in [1.165, 1.54) is 16.7 Å². The summed E-state index contributed by atoms with van der Waals surface area (Å²) in [5.74, 6) is 1.93. The fourth-order valence-corrected chi connectivity index (χ4v) is 5.61. The summed E-state index contributed by atoms with van der Waals surface area (Å²) >= 11 is 0. The SMILES string of the molecule is COc1ccc(CN2CCC([C@H](Cc3ccccc3)N(C(=O)c3ccco3)C3CC3)CC2)cc1C. The largest absolute Gasteiger partial charge is 0.496 e. The number of amides is 1. The third kappa shape index (κ3) is 5.62. The van der Waals surface area contributed by atoms with Gasteiger partial charge in [0, 0.05) is 18.6 Å². The van der Waals surface area contributed by atoms with Crippen LogP contribution in [-0.2, 0) is 13.0 Å². The number of furan rings is 1. The van der Waals surface area contributed by atoms with E-state index in [4.69, 9.17) is 9.15 Å². The molecule has 1 aliphatic heterocycles. The van der Waals surface area contributed by atoms with Crippen LogP contribution in [0.1, 0.15) is 52.9 Å². The van der Waals surface area contributed by atoms with Crippen LogP contribution in [0.25, 0.3) is 0 Å². The first-order chi connectivity index (χ1) is 17.1. The van der Waals surface area contributed by atoms with Crippen molar-refractivity contribution in [1.82, 2.24) is 9.80 Å². The van der Waals surface area contributed by atoms with Gasteiger partial charge in [-0.2, -0.15) is 0 Å². The molecule has 35 heavy (non-hydrogen) atoms. The van der Waals surface area contributed by atoms with E-state index >= 15 is 0 Å². The number of hydrogen-bond donors (Lipinski definition) is 0. The second-order valence-corrected chi connectivity index (χ2v) is 10.1. The van der Waals surface area contributed by atoms with E-state index in [0.717, 1.165) is 57.5 Å². The number of piperidine rings is 1. The van der Waals surface area contributed by atoms with Crippen molar-refractivity contribution in [2.45, 2.75) is 57.7 Å². The molecule has 5 nitrogen and oxygen atoms in total. The van der Waals surface area contributed by atoms with Crippen molar-refractivity contribution in [2.75, 3.05) is 20.2 Å². The lowest BCUT2D eigenvalue weighted by Crippen LogP contribution is -2.50. The maximum absolute atomic E-state index is 13.6. The van der Waals surface area contributed by atoms with Gasteiger partial charge in [-0.3, -0.25) is 9.69 Å². The fourth-order valence-electron chi connectivity index (χ4n) is 5.61. The number of carbonyl (C=O) groups is 1. The molecule has 5 heteroatoms. The molecule has 184 valence electrons. The third-order valence-electron chi connectivity index (χ3n) is 7.59. The van der Waals surface area contributed by atoms with E-state index in [1.54, 1.807) is 19.4 Å². The molecule has 0 N–H and O–H groups in total. The topological polar surface area (TPSA) is 45.9 Å². The second-order valence-electron chi connectivity index (χ2n) is 10.1. The van der Waals surface area contributed by atoms with Crippen molar-refractivity contribution >= 4 is 5.91 Å². The molecule has 2 heterocycles. The molecule has 1 aromatic heterocycles. The molecule has 0 bridgehead atoms. The van der Waals surface area contributed by atoms with Crippen LogP contribution in [-0.4, -0.2) is 48.0 Å². The van der Waals surface area contributed by atoms with Crippen molar-refractivity contribution < 1.29 is 13.9 Å². The van der Waals surface area contributed by atoms with Gasteiger partial charge in [-0.25, -0.2) is 0 Å². The molecule has 1 atom stereocenters. The molecule has 1 amide bonds. The minimum atomic E-state index is 0.0505. The summed E-state index contributed by atoms with van der Waals surface area (Å²) < 4.78 is 11.0. The summed E-state index contributed by atoms with van der Waals surface area (Å²) in [5, 5.41) is 0. The van der Waals surface area contributed by atoms with Gasteiger partial charge in [-0.1, -0.05) is 42.5 Å². The van der Waals surface area contributed by atoms with Crippen LogP contribution in [0.4, 0.5) is 0 Å². The van der Waals surface area contributed by atoms with Gasteiger partial charge in [0.15, 0.2) is 5.76 Å². The quantitative estimate of drug-likeness (QED) is 0.399. The first-order valence-corrected chi connectivity index (χ1v) is 12.9. The zero-order valence-corrected chi connectivity index (χ0v) is 20.9. The van der Waals surface area contributed by atoms with E-state index in [-0.39, 0.29) is 11.9 Å². The predicted molar refractivity (Wildman–Crippen MR) is 138 cm³/mol. The first kappa shape index (κ1) is 23.7. The Morgan fingerprint density at radius 2 is 1.80 bits per heavy atom. The van der Waals surface area contributed by atoms with E-state index in [0.29, 0.717) is 17.7 Å². The lowest BCUT2D eigenvalue weighted by atomic mass is 9.84. The maximum atomic E-state index is 13.6. The highest BCUT2D eigenvalue weighted by Gasteiger charge is 2.42. The smallest absolute Gasteiger partial charge is 0.290 e. The molecule has 0 radical (unpaired) electrons. The van der Waals surface area contributed by atoms with E-state index in [1.807, 2.05) is 6.07 Å². The number of rotatable bonds is 9. The van der Waals surface area contributed by atoms with Crippen LogP contribution in [0.5, 0.6) is 5.75 Å². The number of likely N-dealkylation sites (tertiary alicyclic amines) is 1. The summed E-state index contributed by atoms with van der Waals surface area (Å²) in [4.78, 5) is 18.3. The van der Waals surface area contributed by atoms with Crippen LogP contribution in [0.15, 0.2) is 71.3 Å². The molecule has 5 rings (SSSR count). The zero-order valence-electron chi connectivity index (χ0n) is 20.9. The lowest BCUT2D eigenvalue weighted by molar-refractivity contribution is 0.0454. The van der Waals surface area contributed by atoms with Gasteiger partial charge in [-0.15, -0.1) is 0 Å². The fraction of sp³-hybridized carbons (Fsp3) is 0.433. The highest BCUT2D eigenvalue weighted by atomic mass is 16.5. The number of methoxy groups -OCH3 is 1. The Balaban J connectivity index is 1.31.